The van der Waals surface area contributed by atoms with Gasteiger partial charge in [0.15, 0.2) is 5.82 Å². The second-order valence-electron chi connectivity index (χ2n) is 9.08. The molecule has 0 radical (unpaired) electrons. The molecule has 2 fully saturated rings. The zero-order valence-electron chi connectivity index (χ0n) is 21.2. The minimum Gasteiger partial charge on any atom is -0.494 e. The number of anilines is 2. The van der Waals surface area contributed by atoms with Gasteiger partial charge in [-0.2, -0.15) is 15.0 Å². The molecule has 0 aliphatic carbocycles. The summed E-state index contributed by atoms with van der Waals surface area (Å²) in [5.41, 5.74) is 0.665. The third-order valence-electron chi connectivity index (χ3n) is 6.87. The van der Waals surface area contributed by atoms with E-state index in [1.807, 2.05) is 9.80 Å². The van der Waals surface area contributed by atoms with Gasteiger partial charge in [-0.3, -0.25) is 9.36 Å². The second kappa shape index (κ2) is 11.2. The van der Waals surface area contributed by atoms with E-state index in [0.29, 0.717) is 62.4 Å². The summed E-state index contributed by atoms with van der Waals surface area (Å²) in [6, 6.07) is 5.03. The van der Waals surface area contributed by atoms with Crippen molar-refractivity contribution in [3.63, 3.8) is 0 Å². The Hall–Kier alpha value is -3.32. The molecule has 0 saturated carbocycles. The van der Waals surface area contributed by atoms with E-state index in [2.05, 4.69) is 15.0 Å². The van der Waals surface area contributed by atoms with Crippen LogP contribution >= 0.6 is 11.6 Å². The summed E-state index contributed by atoms with van der Waals surface area (Å²) < 4.78 is 40.7. The number of nitrogens with zero attached hydrogens (tertiary/aromatic N) is 8. The van der Waals surface area contributed by atoms with E-state index in [4.69, 9.17) is 26.1 Å². The highest BCUT2D eigenvalue weighted by atomic mass is 35.5. The smallest absolute Gasteiger partial charge is 0.296 e. The number of carbonyl (C=O) groups excluding carboxylic acids is 1. The monoisotopic (exact) mass is 550 g/mol. The van der Waals surface area contributed by atoms with Crippen LogP contribution in [0.15, 0.2) is 18.2 Å². The van der Waals surface area contributed by atoms with E-state index >= 15 is 0 Å². The van der Waals surface area contributed by atoms with Gasteiger partial charge in [-0.05, 0) is 31.4 Å². The van der Waals surface area contributed by atoms with E-state index in [1.54, 1.807) is 30.1 Å². The average molecular weight is 551 g/mol. The Morgan fingerprint density at radius 2 is 1.87 bits per heavy atom. The maximum atomic E-state index is 14.3. The quantitative estimate of drug-likeness (QED) is 0.411. The number of hydrogen-bond donors (Lipinski definition) is 0. The topological polar surface area (TPSA) is 102 Å². The fourth-order valence-corrected chi connectivity index (χ4v) is 5.09. The zero-order valence-corrected chi connectivity index (χ0v) is 21.9. The molecule has 2 aromatic heterocycles. The van der Waals surface area contributed by atoms with Gasteiger partial charge in [0.25, 0.3) is 6.43 Å². The van der Waals surface area contributed by atoms with Crippen LogP contribution in [0.1, 0.15) is 31.5 Å². The predicted molar refractivity (Wildman–Crippen MR) is 137 cm³/mol. The second-order valence-corrected chi connectivity index (χ2v) is 9.34. The number of amides is 1. The lowest BCUT2D eigenvalue weighted by Crippen LogP contribution is -2.53. The molecular weight excluding hydrogens is 522 g/mol. The lowest BCUT2D eigenvalue weighted by Gasteiger charge is -2.41. The molecule has 0 spiro atoms. The summed E-state index contributed by atoms with van der Waals surface area (Å²) in [5.74, 6) is 0.136. The third-order valence-corrected chi connectivity index (χ3v) is 7.09. The molecule has 204 valence electrons. The number of para-hydroxylation sites is 1. The van der Waals surface area contributed by atoms with Gasteiger partial charge in [0.2, 0.25) is 23.8 Å². The number of piperidine rings is 1. The lowest BCUT2D eigenvalue weighted by molar-refractivity contribution is -0.129. The van der Waals surface area contributed by atoms with Crippen molar-refractivity contribution in [2.24, 2.45) is 0 Å². The SMILES string of the molecule is COc1cccc2c1nc(C(F)F)n2-c1nc(N2CCOCC2)nc(N2CCCC[C@H]2N(C)C(=O)CCl)n1. The van der Waals surface area contributed by atoms with Gasteiger partial charge < -0.3 is 24.2 Å². The summed E-state index contributed by atoms with van der Waals surface area (Å²) in [4.78, 5) is 36.2. The Kier molecular flexibility index (Phi) is 7.75. The Labute approximate surface area is 223 Å². The molecular formula is C24H29ClF2N8O3. The number of rotatable bonds is 7. The minimum atomic E-state index is -2.89. The van der Waals surface area contributed by atoms with Crippen molar-refractivity contribution in [1.82, 2.24) is 29.4 Å². The third kappa shape index (κ3) is 4.92. The van der Waals surface area contributed by atoms with Gasteiger partial charge in [0.1, 0.15) is 23.3 Å². The molecule has 2 aliphatic heterocycles. The predicted octanol–water partition coefficient (Wildman–Crippen LogP) is 3.01. The van der Waals surface area contributed by atoms with Crippen molar-refractivity contribution in [2.75, 3.05) is 62.7 Å². The van der Waals surface area contributed by atoms with Gasteiger partial charge in [0.05, 0.1) is 25.8 Å². The van der Waals surface area contributed by atoms with E-state index in [-0.39, 0.29) is 29.4 Å². The molecule has 11 nitrogen and oxygen atoms in total. The number of fused-ring (bicyclic) bond motifs is 1. The molecule has 4 heterocycles. The molecule has 1 aromatic carbocycles. The van der Waals surface area contributed by atoms with Crippen LogP contribution in [0.25, 0.3) is 17.0 Å². The molecule has 2 saturated heterocycles. The van der Waals surface area contributed by atoms with Crippen molar-refractivity contribution in [2.45, 2.75) is 31.9 Å². The number of hydrogen-bond acceptors (Lipinski definition) is 9. The molecule has 38 heavy (non-hydrogen) atoms. The number of methoxy groups -OCH3 is 1. The van der Waals surface area contributed by atoms with Crippen LogP contribution in [0.4, 0.5) is 20.7 Å². The number of carbonyl (C=O) groups is 1. The van der Waals surface area contributed by atoms with Gasteiger partial charge in [-0.15, -0.1) is 11.6 Å². The first kappa shape index (κ1) is 26.3. The molecule has 0 unspecified atom stereocenters. The maximum Gasteiger partial charge on any atom is 0.296 e. The standard InChI is InChI=1S/C24H29ClF2N8O3/c1-32(18(36)14-25)17-8-3-4-9-34(17)23-29-22(33-10-12-38-13-11-33)30-24(31-23)35-15-6-5-7-16(37-2)19(15)28-21(35)20(26)27/h5-7,17,20H,3-4,8-14H2,1-2H3/t17-/m0/s1. The fraction of sp³-hybridized carbons (Fsp3) is 0.542. The van der Waals surface area contributed by atoms with E-state index in [1.165, 1.54) is 11.7 Å². The molecule has 3 aromatic rings. The lowest BCUT2D eigenvalue weighted by atomic mass is 10.1. The summed E-state index contributed by atoms with van der Waals surface area (Å²) in [6.07, 6.45) is -0.760. The van der Waals surface area contributed by atoms with E-state index < -0.39 is 12.2 Å². The summed E-state index contributed by atoms with van der Waals surface area (Å²) in [5, 5.41) is 0. The van der Waals surface area contributed by atoms with Crippen LogP contribution in [0.5, 0.6) is 5.75 Å². The first-order chi connectivity index (χ1) is 18.4. The van der Waals surface area contributed by atoms with Gasteiger partial charge in [0, 0.05) is 26.7 Å². The number of imidazole rings is 1. The summed E-state index contributed by atoms with van der Waals surface area (Å²) in [6.45, 7) is 2.64. The van der Waals surface area contributed by atoms with Crippen LogP contribution in [-0.2, 0) is 9.53 Å². The highest BCUT2D eigenvalue weighted by molar-refractivity contribution is 6.27. The molecule has 0 N–H and O–H groups in total. The van der Waals surface area contributed by atoms with Gasteiger partial charge in [-0.1, -0.05) is 6.07 Å². The summed E-state index contributed by atoms with van der Waals surface area (Å²) in [7, 11) is 3.16. The number of morpholine rings is 1. The molecule has 0 bridgehead atoms. The zero-order chi connectivity index (χ0) is 26.8. The van der Waals surface area contributed by atoms with Crippen molar-refractivity contribution >= 4 is 40.4 Å². The first-order valence-corrected chi connectivity index (χ1v) is 13.0. The van der Waals surface area contributed by atoms with Gasteiger partial charge >= 0.3 is 0 Å². The largest absolute Gasteiger partial charge is 0.494 e. The van der Waals surface area contributed by atoms with Crippen LogP contribution in [0.3, 0.4) is 0 Å². The first-order valence-electron chi connectivity index (χ1n) is 12.4. The van der Waals surface area contributed by atoms with Gasteiger partial charge in [-0.25, -0.2) is 13.8 Å². The number of benzene rings is 1. The average Bonchev–Trinajstić information content (AvgIpc) is 3.37. The maximum absolute atomic E-state index is 14.3. The number of ether oxygens (including phenoxy) is 2. The van der Waals surface area contributed by atoms with Crippen molar-refractivity contribution in [3.05, 3.63) is 24.0 Å². The number of halogens is 3. The molecule has 2 aliphatic rings. The van der Waals surface area contributed by atoms with Crippen molar-refractivity contribution < 1.29 is 23.0 Å². The Morgan fingerprint density at radius 3 is 2.58 bits per heavy atom. The van der Waals surface area contributed by atoms with Crippen molar-refractivity contribution in [1.29, 1.82) is 0 Å². The highest BCUT2D eigenvalue weighted by Crippen LogP contribution is 2.33. The van der Waals surface area contributed by atoms with Crippen LogP contribution in [-0.4, -0.2) is 94.4 Å². The van der Waals surface area contributed by atoms with Crippen LogP contribution in [0.2, 0.25) is 0 Å². The summed E-state index contributed by atoms with van der Waals surface area (Å²) >= 11 is 5.85. The van der Waals surface area contributed by atoms with Crippen LogP contribution < -0.4 is 14.5 Å². The molecule has 1 amide bonds. The van der Waals surface area contributed by atoms with E-state index in [0.717, 1.165) is 12.8 Å². The highest BCUT2D eigenvalue weighted by Gasteiger charge is 2.32. The fourth-order valence-electron chi connectivity index (χ4n) is 4.90. The Morgan fingerprint density at radius 1 is 1.13 bits per heavy atom. The Balaban J connectivity index is 1.69. The minimum absolute atomic E-state index is 0.0122. The number of alkyl halides is 3. The van der Waals surface area contributed by atoms with Crippen LogP contribution in [0, 0.1) is 0 Å². The number of aromatic nitrogens is 5. The van der Waals surface area contributed by atoms with E-state index in [9.17, 15) is 13.6 Å². The van der Waals surface area contributed by atoms with Crippen molar-refractivity contribution in [3.8, 4) is 11.7 Å². The molecule has 1 atom stereocenters. The Bertz CT molecular complexity index is 1300. The molecule has 14 heteroatoms. The normalized spacial score (nSPS) is 18.3. The molecule has 5 rings (SSSR count).